The molecule has 1 fully saturated rings. The molecule has 1 aliphatic heterocycles. The molecule has 5 nitrogen and oxygen atoms in total. The maximum Gasteiger partial charge on any atom is 0.171 e. The molecule has 1 aromatic carbocycles. The van der Waals surface area contributed by atoms with Crippen LogP contribution in [0.25, 0.3) is 0 Å². The lowest BCUT2D eigenvalue weighted by molar-refractivity contribution is 0.318. The summed E-state index contributed by atoms with van der Waals surface area (Å²) in [7, 11) is -0.679. The second-order valence-corrected chi connectivity index (χ2v) is 6.53. The predicted octanol–water partition coefficient (Wildman–Crippen LogP) is 1.11. The number of nitrogens with two attached hydrogens (primary N) is 1. The Bertz CT molecular complexity index is 497. The zero-order chi connectivity index (χ0) is 13.1. The first-order valence-electron chi connectivity index (χ1n) is 5.49. The molecule has 0 amide bonds. The Morgan fingerprint density at radius 2 is 2.11 bits per heavy atom. The third-order valence-corrected chi connectivity index (χ3v) is 4.81. The molecule has 0 atom stereocenters. The van der Waals surface area contributed by atoms with Gasteiger partial charge in [-0.05, 0) is 34.1 Å². The molecule has 2 rings (SSSR count). The quantitative estimate of drug-likeness (QED) is 0.368. The molecule has 1 heterocycles. The minimum Gasteiger partial charge on any atom is -0.409 e. The number of hydrogen-bond donors (Lipinski definition) is 2. The summed E-state index contributed by atoms with van der Waals surface area (Å²) in [4.78, 5) is 2.18. The molecule has 18 heavy (non-hydrogen) atoms. The summed E-state index contributed by atoms with van der Waals surface area (Å²) in [6, 6.07) is 5.66. The van der Waals surface area contributed by atoms with Gasteiger partial charge in [0.25, 0.3) is 0 Å². The van der Waals surface area contributed by atoms with Gasteiger partial charge in [-0.1, -0.05) is 5.16 Å². The van der Waals surface area contributed by atoms with Crippen LogP contribution in [0, 0.1) is 0 Å². The molecule has 0 aliphatic carbocycles. The highest BCUT2D eigenvalue weighted by Gasteiger charge is 2.16. The van der Waals surface area contributed by atoms with E-state index in [2.05, 4.69) is 26.0 Å². The van der Waals surface area contributed by atoms with Gasteiger partial charge in [-0.3, -0.25) is 4.21 Å². The highest BCUT2D eigenvalue weighted by atomic mass is 79.9. The molecule has 0 saturated carbocycles. The fourth-order valence-electron chi connectivity index (χ4n) is 1.86. The Balaban J connectivity index is 2.21. The molecular formula is C11H14BrN3O2S. The largest absolute Gasteiger partial charge is 0.409 e. The molecule has 0 spiro atoms. The fraction of sp³-hybridized carbons (Fsp3) is 0.364. The van der Waals surface area contributed by atoms with Crippen LogP contribution in [0.3, 0.4) is 0 Å². The summed E-state index contributed by atoms with van der Waals surface area (Å²) < 4.78 is 12.1. The van der Waals surface area contributed by atoms with E-state index in [-0.39, 0.29) is 5.84 Å². The van der Waals surface area contributed by atoms with E-state index in [0.717, 1.165) is 23.2 Å². The highest BCUT2D eigenvalue weighted by molar-refractivity contribution is 9.10. The summed E-state index contributed by atoms with van der Waals surface area (Å²) in [6.45, 7) is 1.59. The van der Waals surface area contributed by atoms with E-state index in [1.165, 1.54) is 0 Å². The number of amidine groups is 1. The SMILES string of the molecule is N/C(=N/O)c1ccc(N2CCS(=O)CC2)cc1Br. The first-order chi connectivity index (χ1) is 8.61. The summed E-state index contributed by atoms with van der Waals surface area (Å²) in [6.07, 6.45) is 0. The van der Waals surface area contributed by atoms with Gasteiger partial charge < -0.3 is 15.8 Å². The van der Waals surface area contributed by atoms with Crippen LogP contribution in [0.5, 0.6) is 0 Å². The van der Waals surface area contributed by atoms with Crippen molar-refractivity contribution in [3.8, 4) is 0 Å². The Morgan fingerprint density at radius 3 is 2.67 bits per heavy atom. The first kappa shape index (κ1) is 13.4. The lowest BCUT2D eigenvalue weighted by atomic mass is 10.2. The Kier molecular flexibility index (Phi) is 4.23. The van der Waals surface area contributed by atoms with Crippen LogP contribution in [0.1, 0.15) is 5.56 Å². The number of halogens is 1. The first-order valence-corrected chi connectivity index (χ1v) is 7.77. The van der Waals surface area contributed by atoms with Crippen LogP contribution >= 0.6 is 15.9 Å². The Labute approximate surface area is 116 Å². The molecule has 0 radical (unpaired) electrons. The second kappa shape index (κ2) is 5.71. The normalized spacial score (nSPS) is 18.1. The standard InChI is InChI=1S/C11H14BrN3O2S/c12-10-7-8(1-2-9(10)11(13)14-16)15-3-5-18(17)6-4-15/h1-2,7,16H,3-6H2,(H2,13,14). The molecule has 0 aromatic heterocycles. The zero-order valence-electron chi connectivity index (χ0n) is 9.67. The van der Waals surface area contributed by atoms with E-state index in [4.69, 9.17) is 10.9 Å². The molecule has 0 bridgehead atoms. The molecule has 1 saturated heterocycles. The molecule has 7 heteroatoms. The van der Waals surface area contributed by atoms with E-state index in [0.29, 0.717) is 17.1 Å². The van der Waals surface area contributed by atoms with Crippen LogP contribution in [0.15, 0.2) is 27.8 Å². The molecule has 3 N–H and O–H groups in total. The number of nitrogens with zero attached hydrogens (tertiary/aromatic N) is 2. The van der Waals surface area contributed by atoms with Crippen LogP contribution in [-0.4, -0.2) is 39.8 Å². The van der Waals surface area contributed by atoms with E-state index < -0.39 is 10.8 Å². The van der Waals surface area contributed by atoms with Crippen LogP contribution in [0.4, 0.5) is 5.69 Å². The van der Waals surface area contributed by atoms with Gasteiger partial charge in [0.05, 0.1) is 0 Å². The van der Waals surface area contributed by atoms with Gasteiger partial charge in [0, 0.05) is 51.1 Å². The number of oxime groups is 1. The number of anilines is 1. The minimum absolute atomic E-state index is 0.0770. The van der Waals surface area contributed by atoms with Gasteiger partial charge in [-0.2, -0.15) is 0 Å². The van der Waals surface area contributed by atoms with Gasteiger partial charge in [-0.25, -0.2) is 0 Å². The molecule has 1 aliphatic rings. The molecule has 1 aromatic rings. The van der Waals surface area contributed by atoms with E-state index >= 15 is 0 Å². The monoisotopic (exact) mass is 331 g/mol. The number of rotatable bonds is 2. The Hall–Kier alpha value is -1.08. The van der Waals surface area contributed by atoms with Crippen molar-refractivity contribution < 1.29 is 9.42 Å². The van der Waals surface area contributed by atoms with Gasteiger partial charge in [0.15, 0.2) is 5.84 Å². The van der Waals surface area contributed by atoms with Crippen molar-refractivity contribution in [1.29, 1.82) is 0 Å². The topological polar surface area (TPSA) is 78.9 Å². The third kappa shape index (κ3) is 2.84. The lowest BCUT2D eigenvalue weighted by Crippen LogP contribution is -2.37. The molecular weight excluding hydrogens is 318 g/mol. The fourth-order valence-corrected chi connectivity index (χ4v) is 3.48. The smallest absolute Gasteiger partial charge is 0.171 e. The van der Waals surface area contributed by atoms with Crippen molar-refractivity contribution in [2.75, 3.05) is 29.5 Å². The van der Waals surface area contributed by atoms with Crippen LogP contribution in [-0.2, 0) is 10.8 Å². The maximum atomic E-state index is 11.3. The average Bonchev–Trinajstić information content (AvgIpc) is 2.38. The number of hydrogen-bond acceptors (Lipinski definition) is 4. The Morgan fingerprint density at radius 1 is 1.44 bits per heavy atom. The van der Waals surface area contributed by atoms with Crippen molar-refractivity contribution in [2.45, 2.75) is 0 Å². The minimum atomic E-state index is -0.679. The van der Waals surface area contributed by atoms with Crippen LogP contribution in [0.2, 0.25) is 0 Å². The maximum absolute atomic E-state index is 11.3. The van der Waals surface area contributed by atoms with Gasteiger partial charge >= 0.3 is 0 Å². The summed E-state index contributed by atoms with van der Waals surface area (Å²) in [5, 5.41) is 11.6. The van der Waals surface area contributed by atoms with Gasteiger partial charge in [0.1, 0.15) is 0 Å². The average molecular weight is 332 g/mol. The van der Waals surface area contributed by atoms with Crippen molar-refractivity contribution in [3.05, 3.63) is 28.2 Å². The highest BCUT2D eigenvalue weighted by Crippen LogP contribution is 2.25. The van der Waals surface area contributed by atoms with E-state index in [1.807, 2.05) is 12.1 Å². The van der Waals surface area contributed by atoms with Crippen molar-refractivity contribution in [1.82, 2.24) is 0 Å². The predicted molar refractivity (Wildman–Crippen MR) is 76.7 cm³/mol. The molecule has 0 unspecified atom stereocenters. The second-order valence-electron chi connectivity index (χ2n) is 3.98. The summed E-state index contributed by atoms with van der Waals surface area (Å²) in [5.41, 5.74) is 7.26. The van der Waals surface area contributed by atoms with Gasteiger partial charge in [-0.15, -0.1) is 0 Å². The van der Waals surface area contributed by atoms with E-state index in [1.54, 1.807) is 6.07 Å². The summed E-state index contributed by atoms with van der Waals surface area (Å²) in [5.74, 6) is 1.49. The third-order valence-electron chi connectivity index (χ3n) is 2.88. The van der Waals surface area contributed by atoms with Gasteiger partial charge in [0.2, 0.25) is 0 Å². The zero-order valence-corrected chi connectivity index (χ0v) is 12.1. The molecule has 98 valence electrons. The number of benzene rings is 1. The summed E-state index contributed by atoms with van der Waals surface area (Å²) >= 11 is 3.41. The van der Waals surface area contributed by atoms with Crippen molar-refractivity contribution >= 4 is 38.3 Å². The van der Waals surface area contributed by atoms with Crippen molar-refractivity contribution in [2.24, 2.45) is 10.9 Å². The van der Waals surface area contributed by atoms with E-state index in [9.17, 15) is 4.21 Å². The van der Waals surface area contributed by atoms with Crippen LogP contribution < -0.4 is 10.6 Å². The van der Waals surface area contributed by atoms with Crippen molar-refractivity contribution in [3.63, 3.8) is 0 Å². The lowest BCUT2D eigenvalue weighted by Gasteiger charge is -2.28.